The molecule has 0 atom stereocenters. The maximum atomic E-state index is 10.8. The van der Waals surface area contributed by atoms with Crippen LogP contribution in [0.15, 0.2) is 24.3 Å². The van der Waals surface area contributed by atoms with Crippen molar-refractivity contribution in [3.05, 3.63) is 35.4 Å². The van der Waals surface area contributed by atoms with Gasteiger partial charge in [-0.05, 0) is 55.4 Å². The van der Waals surface area contributed by atoms with Gasteiger partial charge in [-0.15, -0.1) is 0 Å². The first-order valence-corrected chi connectivity index (χ1v) is 7.64. The summed E-state index contributed by atoms with van der Waals surface area (Å²) in [5.41, 5.74) is 3.70. The van der Waals surface area contributed by atoms with E-state index in [9.17, 15) is 4.79 Å². The number of carbonyl (C=O) groups is 1. The van der Waals surface area contributed by atoms with E-state index in [2.05, 4.69) is 36.9 Å². The van der Waals surface area contributed by atoms with Crippen molar-refractivity contribution in [2.45, 2.75) is 40.0 Å². The minimum Gasteiger partial charge on any atom is -0.478 e. The molecule has 0 unspecified atom stereocenters. The summed E-state index contributed by atoms with van der Waals surface area (Å²) in [6.07, 6.45) is 6.53. The first-order valence-electron chi connectivity index (χ1n) is 7.64. The van der Waals surface area contributed by atoms with Gasteiger partial charge < -0.3 is 10.0 Å². The molecule has 0 amide bonds. The Hall–Kier alpha value is -1.77. The Labute approximate surface area is 127 Å². The van der Waals surface area contributed by atoms with Gasteiger partial charge in [0.15, 0.2) is 0 Å². The third kappa shape index (κ3) is 4.35. The maximum Gasteiger partial charge on any atom is 0.328 e. The van der Waals surface area contributed by atoms with Gasteiger partial charge in [0, 0.05) is 24.9 Å². The molecule has 1 saturated heterocycles. The van der Waals surface area contributed by atoms with E-state index in [1.807, 2.05) is 6.92 Å². The van der Waals surface area contributed by atoms with E-state index in [0.717, 1.165) is 29.9 Å². The highest BCUT2D eigenvalue weighted by atomic mass is 16.4. The number of nitrogens with zero attached hydrogens (tertiary/aromatic N) is 1. The molecule has 1 fully saturated rings. The highest BCUT2D eigenvalue weighted by Crippen LogP contribution is 2.33. The second-order valence-electron chi connectivity index (χ2n) is 6.74. The minimum absolute atomic E-state index is 0.399. The zero-order valence-electron chi connectivity index (χ0n) is 13.2. The number of benzene rings is 1. The van der Waals surface area contributed by atoms with Crippen molar-refractivity contribution < 1.29 is 9.90 Å². The first-order chi connectivity index (χ1) is 9.87. The van der Waals surface area contributed by atoms with E-state index >= 15 is 0 Å². The Kier molecular flexibility index (Phi) is 4.71. The summed E-state index contributed by atoms with van der Waals surface area (Å²) in [6.45, 7) is 8.77. The highest BCUT2D eigenvalue weighted by molar-refractivity contribution is 5.87. The summed E-state index contributed by atoms with van der Waals surface area (Å²) < 4.78 is 0. The van der Waals surface area contributed by atoms with Gasteiger partial charge in [-0.3, -0.25) is 0 Å². The first kappa shape index (κ1) is 15.6. The molecule has 1 N–H and O–H groups in total. The van der Waals surface area contributed by atoms with Gasteiger partial charge in [-0.1, -0.05) is 25.5 Å². The van der Waals surface area contributed by atoms with Crippen molar-refractivity contribution in [3.63, 3.8) is 0 Å². The molecule has 114 valence electrons. The van der Waals surface area contributed by atoms with Crippen LogP contribution in [0, 0.1) is 12.3 Å². The molecule has 0 saturated carbocycles. The SMILES string of the molecule is Cc1ccc(N2CCCC(C)(C)CC2)c(/C=C/C(=O)O)c1. The summed E-state index contributed by atoms with van der Waals surface area (Å²) in [4.78, 5) is 13.2. The van der Waals surface area contributed by atoms with E-state index in [1.54, 1.807) is 6.08 Å². The van der Waals surface area contributed by atoms with Crippen LogP contribution in [0.3, 0.4) is 0 Å². The zero-order chi connectivity index (χ0) is 15.5. The Morgan fingerprint density at radius 1 is 1.29 bits per heavy atom. The lowest BCUT2D eigenvalue weighted by Crippen LogP contribution is -2.25. The Bertz CT molecular complexity index is 546. The molecule has 2 rings (SSSR count). The predicted octanol–water partition coefficient (Wildman–Crippen LogP) is 4.11. The van der Waals surface area contributed by atoms with Gasteiger partial charge in [0.25, 0.3) is 0 Å². The van der Waals surface area contributed by atoms with Gasteiger partial charge in [0.2, 0.25) is 0 Å². The summed E-state index contributed by atoms with van der Waals surface area (Å²) in [7, 11) is 0. The summed E-state index contributed by atoms with van der Waals surface area (Å²) in [5, 5.41) is 8.86. The number of carboxylic acid groups (broad SMARTS) is 1. The molecule has 21 heavy (non-hydrogen) atoms. The molecule has 0 radical (unpaired) electrons. The van der Waals surface area contributed by atoms with E-state index in [1.165, 1.54) is 25.3 Å². The molecule has 0 aliphatic carbocycles. The summed E-state index contributed by atoms with van der Waals surface area (Å²) in [6, 6.07) is 6.28. The van der Waals surface area contributed by atoms with E-state index < -0.39 is 5.97 Å². The molecule has 1 aromatic rings. The third-order valence-corrected chi connectivity index (χ3v) is 4.27. The average Bonchev–Trinajstić information content (AvgIpc) is 2.57. The number of hydrogen-bond acceptors (Lipinski definition) is 2. The maximum absolute atomic E-state index is 10.8. The molecule has 3 heteroatoms. The lowest BCUT2D eigenvalue weighted by Gasteiger charge is -2.26. The van der Waals surface area contributed by atoms with Crippen LogP contribution < -0.4 is 4.90 Å². The molecule has 1 heterocycles. The van der Waals surface area contributed by atoms with Crippen LogP contribution in [0.1, 0.15) is 44.2 Å². The Morgan fingerprint density at radius 3 is 2.76 bits per heavy atom. The van der Waals surface area contributed by atoms with Crippen LogP contribution in [0.5, 0.6) is 0 Å². The standard InChI is InChI=1S/C18H25NO2/c1-14-5-7-16(15(13-14)6-8-17(20)21)19-11-4-9-18(2,3)10-12-19/h5-8,13H,4,9-12H2,1-3H3,(H,20,21)/b8-6+. The van der Waals surface area contributed by atoms with Crippen LogP contribution in [-0.2, 0) is 4.79 Å². The number of rotatable bonds is 3. The van der Waals surface area contributed by atoms with Crippen LogP contribution in [0.4, 0.5) is 5.69 Å². The van der Waals surface area contributed by atoms with Crippen molar-refractivity contribution in [2.75, 3.05) is 18.0 Å². The monoisotopic (exact) mass is 287 g/mol. The van der Waals surface area contributed by atoms with E-state index in [4.69, 9.17) is 5.11 Å². The van der Waals surface area contributed by atoms with Crippen molar-refractivity contribution >= 4 is 17.7 Å². The van der Waals surface area contributed by atoms with Crippen LogP contribution in [-0.4, -0.2) is 24.2 Å². The molecule has 3 nitrogen and oxygen atoms in total. The molecule has 0 aromatic heterocycles. The molecule has 1 aromatic carbocycles. The Balaban J connectivity index is 2.28. The van der Waals surface area contributed by atoms with Crippen LogP contribution in [0.2, 0.25) is 0 Å². The third-order valence-electron chi connectivity index (χ3n) is 4.27. The normalized spacial score (nSPS) is 18.7. The molecule has 1 aliphatic heterocycles. The number of anilines is 1. The smallest absolute Gasteiger partial charge is 0.328 e. The van der Waals surface area contributed by atoms with Gasteiger partial charge >= 0.3 is 5.97 Å². The lowest BCUT2D eigenvalue weighted by atomic mass is 9.85. The molecule has 0 spiro atoms. The van der Waals surface area contributed by atoms with Crippen LogP contribution >= 0.6 is 0 Å². The quantitative estimate of drug-likeness (QED) is 0.851. The fraction of sp³-hybridized carbons (Fsp3) is 0.500. The van der Waals surface area contributed by atoms with Crippen molar-refractivity contribution in [1.82, 2.24) is 0 Å². The van der Waals surface area contributed by atoms with Gasteiger partial charge in [-0.2, -0.15) is 0 Å². The van der Waals surface area contributed by atoms with E-state index in [-0.39, 0.29) is 0 Å². The van der Waals surface area contributed by atoms with Gasteiger partial charge in [0.1, 0.15) is 0 Å². The van der Waals surface area contributed by atoms with E-state index in [0.29, 0.717) is 5.41 Å². The molecular weight excluding hydrogens is 262 g/mol. The van der Waals surface area contributed by atoms with Crippen molar-refractivity contribution in [1.29, 1.82) is 0 Å². The second-order valence-corrected chi connectivity index (χ2v) is 6.74. The summed E-state index contributed by atoms with van der Waals surface area (Å²) in [5.74, 6) is -0.903. The highest BCUT2D eigenvalue weighted by Gasteiger charge is 2.23. The molecular formula is C18H25NO2. The van der Waals surface area contributed by atoms with Crippen molar-refractivity contribution in [2.24, 2.45) is 5.41 Å². The Morgan fingerprint density at radius 2 is 2.05 bits per heavy atom. The predicted molar refractivity (Wildman–Crippen MR) is 87.7 cm³/mol. The molecule has 0 bridgehead atoms. The number of aryl methyl sites for hydroxylation is 1. The van der Waals surface area contributed by atoms with Gasteiger partial charge in [-0.25, -0.2) is 4.79 Å². The largest absolute Gasteiger partial charge is 0.478 e. The lowest BCUT2D eigenvalue weighted by molar-refractivity contribution is -0.131. The minimum atomic E-state index is -0.903. The molecule has 1 aliphatic rings. The zero-order valence-corrected chi connectivity index (χ0v) is 13.2. The number of carboxylic acids is 1. The fourth-order valence-electron chi connectivity index (χ4n) is 2.92. The fourth-order valence-corrected chi connectivity index (χ4v) is 2.92. The number of aliphatic carboxylic acids is 1. The topological polar surface area (TPSA) is 40.5 Å². The average molecular weight is 287 g/mol. The summed E-state index contributed by atoms with van der Waals surface area (Å²) >= 11 is 0. The van der Waals surface area contributed by atoms with Crippen LogP contribution in [0.25, 0.3) is 6.08 Å². The van der Waals surface area contributed by atoms with Crippen molar-refractivity contribution in [3.8, 4) is 0 Å². The second kappa shape index (κ2) is 6.33. The number of hydrogen-bond donors (Lipinski definition) is 1. The van der Waals surface area contributed by atoms with Gasteiger partial charge in [0.05, 0.1) is 0 Å².